The molecule has 2 bridgehead atoms. The molecule has 2 spiro atoms. The van der Waals surface area contributed by atoms with Crippen LogP contribution < -0.4 is 0 Å². The van der Waals surface area contributed by atoms with Gasteiger partial charge in [0.1, 0.15) is 11.7 Å². The summed E-state index contributed by atoms with van der Waals surface area (Å²) in [5.41, 5.74) is 0.603. The van der Waals surface area contributed by atoms with Crippen molar-refractivity contribution in [2.75, 3.05) is 0 Å². The van der Waals surface area contributed by atoms with Crippen LogP contribution in [0.5, 0.6) is 0 Å². The molecule has 4 heteroatoms. The van der Waals surface area contributed by atoms with Crippen molar-refractivity contribution in [1.82, 2.24) is 0 Å². The fraction of sp³-hybridized carbons (Fsp3) is 0.905. The normalized spacial score (nSPS) is 46.6. The number of hydrogen-bond acceptors (Lipinski definition) is 3. The van der Waals surface area contributed by atoms with E-state index >= 15 is 0 Å². The van der Waals surface area contributed by atoms with E-state index in [4.69, 9.17) is 9.16 Å². The van der Waals surface area contributed by atoms with Gasteiger partial charge in [-0.15, -0.1) is 0 Å². The second-order valence-corrected chi connectivity index (χ2v) is 15.4. The Kier molecular flexibility index (Phi) is 3.96. The van der Waals surface area contributed by atoms with Crippen molar-refractivity contribution >= 4 is 8.32 Å². The van der Waals surface area contributed by atoms with Crippen LogP contribution in [0.1, 0.15) is 66.2 Å². The van der Waals surface area contributed by atoms with Gasteiger partial charge in [-0.2, -0.15) is 0 Å². The number of epoxide rings is 1. The minimum atomic E-state index is -1.89. The van der Waals surface area contributed by atoms with E-state index in [9.17, 15) is 5.11 Å². The van der Waals surface area contributed by atoms with Crippen molar-refractivity contribution in [2.24, 2.45) is 11.3 Å². The Morgan fingerprint density at radius 2 is 1.92 bits per heavy atom. The van der Waals surface area contributed by atoms with Crippen molar-refractivity contribution in [3.05, 3.63) is 11.6 Å². The summed E-state index contributed by atoms with van der Waals surface area (Å²) in [4.78, 5) is 0. The number of fused-ring (bicyclic) bond motifs is 1. The molecule has 2 saturated carbocycles. The van der Waals surface area contributed by atoms with Crippen LogP contribution in [0, 0.1) is 11.3 Å². The van der Waals surface area contributed by atoms with Crippen LogP contribution in [-0.4, -0.2) is 37.3 Å². The van der Waals surface area contributed by atoms with Gasteiger partial charge in [0.05, 0.1) is 12.2 Å². The minimum absolute atomic E-state index is 0.117. The van der Waals surface area contributed by atoms with Crippen molar-refractivity contribution in [3.63, 3.8) is 0 Å². The molecule has 1 N–H and O–H groups in total. The maximum Gasteiger partial charge on any atom is 0.192 e. The summed E-state index contributed by atoms with van der Waals surface area (Å²) in [6, 6.07) is 0. The molecule has 0 radical (unpaired) electrons. The fourth-order valence-corrected chi connectivity index (χ4v) is 7.17. The molecule has 0 aromatic carbocycles. The number of aliphatic hydroxyl groups excluding tert-OH is 1. The highest BCUT2D eigenvalue weighted by Crippen LogP contribution is 2.68. The molecule has 25 heavy (non-hydrogen) atoms. The molecule has 1 aliphatic heterocycles. The first-order valence-corrected chi connectivity index (χ1v) is 13.2. The molecule has 1 heterocycles. The van der Waals surface area contributed by atoms with E-state index in [0.717, 1.165) is 18.4 Å². The number of rotatable bonds is 2. The van der Waals surface area contributed by atoms with Gasteiger partial charge in [0.25, 0.3) is 0 Å². The smallest absolute Gasteiger partial charge is 0.192 e. The van der Waals surface area contributed by atoms with Crippen LogP contribution in [0.2, 0.25) is 18.1 Å². The van der Waals surface area contributed by atoms with Crippen molar-refractivity contribution in [3.8, 4) is 0 Å². The average molecular weight is 365 g/mol. The molecule has 3 fully saturated rings. The zero-order valence-electron chi connectivity index (χ0n) is 16.9. The Morgan fingerprint density at radius 1 is 1.20 bits per heavy atom. The van der Waals surface area contributed by atoms with Gasteiger partial charge in [-0.3, -0.25) is 0 Å². The van der Waals surface area contributed by atoms with Crippen LogP contribution in [0.15, 0.2) is 11.6 Å². The van der Waals surface area contributed by atoms with Gasteiger partial charge in [0, 0.05) is 5.41 Å². The van der Waals surface area contributed by atoms with Crippen molar-refractivity contribution in [1.29, 1.82) is 0 Å². The number of hydrogen-bond donors (Lipinski definition) is 1. The summed E-state index contributed by atoms with van der Waals surface area (Å²) in [5, 5.41) is 11.3. The zero-order chi connectivity index (χ0) is 18.3. The predicted molar refractivity (Wildman–Crippen MR) is 103 cm³/mol. The predicted octanol–water partition coefficient (Wildman–Crippen LogP) is 4.81. The third-order valence-electron chi connectivity index (χ3n) is 8.19. The lowest BCUT2D eigenvalue weighted by molar-refractivity contribution is -0.0505. The quantitative estimate of drug-likeness (QED) is 0.434. The summed E-state index contributed by atoms with van der Waals surface area (Å²) in [6.07, 6.45) is 9.53. The zero-order valence-corrected chi connectivity index (χ0v) is 17.9. The number of aliphatic hydroxyl groups is 1. The Bertz CT molecular complexity index is 592. The average Bonchev–Trinajstić information content (AvgIpc) is 3.23. The summed E-state index contributed by atoms with van der Waals surface area (Å²) in [5.74, 6) is 0.610. The van der Waals surface area contributed by atoms with Gasteiger partial charge in [-0.05, 0) is 62.2 Å². The first-order valence-electron chi connectivity index (χ1n) is 10.3. The highest BCUT2D eigenvalue weighted by molar-refractivity contribution is 6.74. The molecule has 142 valence electrons. The SMILES string of the molecule is CC1=C[C@@]23CCCC[C@@H](CC[C@H]4O[C@]42[C@H]1O)[C@@H]3O[Si](C)(C)C(C)(C)C. The maximum atomic E-state index is 11.1. The van der Waals surface area contributed by atoms with Crippen molar-refractivity contribution < 1.29 is 14.3 Å². The van der Waals surface area contributed by atoms with Gasteiger partial charge in [-0.1, -0.05) is 39.7 Å². The molecule has 3 aliphatic carbocycles. The van der Waals surface area contributed by atoms with Crippen LogP contribution in [0.3, 0.4) is 0 Å². The Labute approximate surface area is 154 Å². The number of ether oxygens (including phenoxy) is 1. The largest absolute Gasteiger partial charge is 0.413 e. The fourth-order valence-electron chi connectivity index (χ4n) is 5.78. The van der Waals surface area contributed by atoms with E-state index in [1.807, 2.05) is 0 Å². The standard InChI is InChI=1S/C21H36O3Si/c1-14-13-20-12-8-7-9-15(10-11-16-21(20,23-16)17(14)22)18(20)24-25(5,6)19(2,3)4/h13,15-18,22H,7-12H2,1-6H3/t15-,16+,17-,18-,20+,21-/m0/s1. The molecule has 4 aliphatic rings. The second-order valence-electron chi connectivity index (χ2n) is 10.6. The lowest BCUT2D eigenvalue weighted by Crippen LogP contribution is -2.56. The van der Waals surface area contributed by atoms with E-state index in [-0.39, 0.29) is 28.3 Å². The Balaban J connectivity index is 1.80. The molecule has 0 unspecified atom stereocenters. The summed E-state index contributed by atoms with van der Waals surface area (Å²) >= 11 is 0. The third kappa shape index (κ3) is 2.33. The van der Waals surface area contributed by atoms with Crippen LogP contribution in [0.4, 0.5) is 0 Å². The van der Waals surface area contributed by atoms with E-state index in [1.165, 1.54) is 25.7 Å². The first-order chi connectivity index (χ1) is 11.6. The summed E-state index contributed by atoms with van der Waals surface area (Å²) < 4.78 is 13.5. The van der Waals surface area contributed by atoms with E-state index in [0.29, 0.717) is 5.92 Å². The highest BCUT2D eigenvalue weighted by atomic mass is 28.4. The van der Waals surface area contributed by atoms with Gasteiger partial charge in [0.2, 0.25) is 0 Å². The maximum absolute atomic E-state index is 11.1. The molecular formula is C21H36O3Si. The second kappa shape index (κ2) is 5.43. The van der Waals surface area contributed by atoms with Crippen LogP contribution >= 0.6 is 0 Å². The van der Waals surface area contributed by atoms with E-state index in [2.05, 4.69) is 46.9 Å². The van der Waals surface area contributed by atoms with Crippen LogP contribution in [0.25, 0.3) is 0 Å². The lowest BCUT2D eigenvalue weighted by atomic mass is 9.67. The Morgan fingerprint density at radius 3 is 2.60 bits per heavy atom. The Hall–Kier alpha value is -0.163. The molecule has 3 nitrogen and oxygen atoms in total. The van der Waals surface area contributed by atoms with Gasteiger partial charge in [0.15, 0.2) is 8.32 Å². The van der Waals surface area contributed by atoms with E-state index in [1.54, 1.807) is 0 Å². The molecule has 0 aromatic heterocycles. The lowest BCUT2D eigenvalue weighted by Gasteiger charge is -2.48. The topological polar surface area (TPSA) is 42.0 Å². The highest BCUT2D eigenvalue weighted by Gasteiger charge is 2.78. The third-order valence-corrected chi connectivity index (χ3v) is 12.6. The van der Waals surface area contributed by atoms with E-state index < -0.39 is 14.4 Å². The molecule has 0 amide bonds. The van der Waals surface area contributed by atoms with Crippen LogP contribution in [-0.2, 0) is 9.16 Å². The summed E-state index contributed by atoms with van der Waals surface area (Å²) in [7, 11) is -1.89. The van der Waals surface area contributed by atoms with Crippen molar-refractivity contribution in [2.45, 2.75) is 108 Å². The van der Waals surface area contributed by atoms with Gasteiger partial charge < -0.3 is 14.3 Å². The molecule has 0 aromatic rings. The molecular weight excluding hydrogens is 328 g/mol. The molecule has 6 atom stereocenters. The first kappa shape index (κ1) is 18.2. The monoisotopic (exact) mass is 364 g/mol. The van der Waals surface area contributed by atoms with Gasteiger partial charge >= 0.3 is 0 Å². The summed E-state index contributed by atoms with van der Waals surface area (Å²) in [6.45, 7) is 13.8. The molecule has 4 rings (SSSR count). The minimum Gasteiger partial charge on any atom is -0.413 e. The van der Waals surface area contributed by atoms with Gasteiger partial charge in [-0.25, -0.2) is 0 Å². The molecule has 1 saturated heterocycles.